The van der Waals surface area contributed by atoms with E-state index in [0.717, 1.165) is 5.56 Å². The van der Waals surface area contributed by atoms with Crippen molar-refractivity contribution in [3.05, 3.63) is 41.9 Å². The third-order valence-corrected chi connectivity index (χ3v) is 4.93. The quantitative estimate of drug-likeness (QED) is 0.859. The van der Waals surface area contributed by atoms with Crippen LogP contribution in [0.4, 0.5) is 10.5 Å². The van der Waals surface area contributed by atoms with Crippen molar-refractivity contribution in [2.45, 2.75) is 13.3 Å². The summed E-state index contributed by atoms with van der Waals surface area (Å²) in [5.41, 5.74) is 1.60. The molecule has 0 aliphatic carbocycles. The number of rotatable bonds is 2. The Hall–Kier alpha value is -3.16. The third kappa shape index (κ3) is 3.76. The van der Waals surface area contributed by atoms with Gasteiger partial charge in [0, 0.05) is 37.9 Å². The molecule has 3 heterocycles. The number of carbonyl (C=O) groups is 2. The number of nitrogens with zero attached hydrogens (tertiary/aromatic N) is 2. The van der Waals surface area contributed by atoms with Gasteiger partial charge in [0.05, 0.1) is 6.26 Å². The fourth-order valence-corrected chi connectivity index (χ4v) is 3.40. The van der Waals surface area contributed by atoms with Crippen LogP contribution in [0.1, 0.15) is 22.5 Å². The van der Waals surface area contributed by atoms with E-state index in [4.69, 9.17) is 13.9 Å². The number of fused-ring (bicyclic) bond motifs is 1. The Labute approximate surface area is 163 Å². The van der Waals surface area contributed by atoms with E-state index in [2.05, 4.69) is 5.32 Å². The molecule has 8 heteroatoms. The van der Waals surface area contributed by atoms with Crippen molar-refractivity contribution in [3.8, 4) is 11.5 Å². The minimum absolute atomic E-state index is 0.144. The topological polar surface area (TPSA) is 84.3 Å². The molecule has 2 aromatic rings. The summed E-state index contributed by atoms with van der Waals surface area (Å²) in [5.74, 6) is 1.52. The first kappa shape index (κ1) is 18.2. The second-order valence-corrected chi connectivity index (χ2v) is 6.85. The zero-order chi connectivity index (χ0) is 19.5. The Morgan fingerprint density at radius 1 is 1.00 bits per heavy atom. The van der Waals surface area contributed by atoms with Crippen LogP contribution >= 0.6 is 0 Å². The first-order valence-electron chi connectivity index (χ1n) is 9.41. The highest BCUT2D eigenvalue weighted by Crippen LogP contribution is 2.35. The molecule has 1 saturated heterocycles. The lowest BCUT2D eigenvalue weighted by Gasteiger charge is -2.24. The van der Waals surface area contributed by atoms with Crippen LogP contribution in [-0.2, 0) is 0 Å². The monoisotopic (exact) mass is 385 g/mol. The summed E-state index contributed by atoms with van der Waals surface area (Å²) < 4.78 is 16.4. The van der Waals surface area contributed by atoms with E-state index in [0.29, 0.717) is 68.8 Å². The molecular weight excluding hydrogens is 362 g/mol. The molecule has 0 radical (unpaired) electrons. The smallest absolute Gasteiger partial charge is 0.321 e. The van der Waals surface area contributed by atoms with Crippen molar-refractivity contribution >= 4 is 17.6 Å². The number of furan rings is 1. The van der Waals surface area contributed by atoms with Crippen LogP contribution in [0, 0.1) is 6.92 Å². The zero-order valence-electron chi connectivity index (χ0n) is 15.8. The Balaban J connectivity index is 1.40. The van der Waals surface area contributed by atoms with Gasteiger partial charge in [0.1, 0.15) is 13.2 Å². The van der Waals surface area contributed by atoms with Gasteiger partial charge in [-0.1, -0.05) is 0 Å². The van der Waals surface area contributed by atoms with Crippen molar-refractivity contribution in [3.63, 3.8) is 0 Å². The SMILES string of the molecule is Cc1cc2c(cc1NC(=O)N1CCCN(C(=O)c3ccco3)CC1)OCCO2. The fraction of sp³-hybridized carbons (Fsp3) is 0.400. The zero-order valence-corrected chi connectivity index (χ0v) is 15.8. The predicted molar refractivity (Wildman–Crippen MR) is 102 cm³/mol. The Morgan fingerprint density at radius 3 is 2.46 bits per heavy atom. The predicted octanol–water partition coefficient (Wildman–Crippen LogP) is 2.74. The molecule has 3 amide bonds. The number of carbonyl (C=O) groups excluding carboxylic acids is 2. The molecule has 2 aliphatic heterocycles. The number of anilines is 1. The van der Waals surface area contributed by atoms with Crippen molar-refractivity contribution in [1.29, 1.82) is 0 Å². The summed E-state index contributed by atoms with van der Waals surface area (Å²) in [6, 6.07) is 6.83. The maximum Gasteiger partial charge on any atom is 0.321 e. The van der Waals surface area contributed by atoms with Crippen molar-refractivity contribution in [1.82, 2.24) is 9.80 Å². The van der Waals surface area contributed by atoms with Gasteiger partial charge in [0.25, 0.3) is 5.91 Å². The third-order valence-electron chi connectivity index (χ3n) is 4.93. The fourth-order valence-electron chi connectivity index (χ4n) is 3.40. The molecule has 0 bridgehead atoms. The number of amides is 3. The summed E-state index contributed by atoms with van der Waals surface area (Å²) in [5, 5.41) is 2.96. The Bertz CT molecular complexity index is 865. The highest BCUT2D eigenvalue weighted by molar-refractivity contribution is 5.92. The first-order valence-corrected chi connectivity index (χ1v) is 9.41. The number of nitrogens with one attached hydrogen (secondary N) is 1. The lowest BCUT2D eigenvalue weighted by Crippen LogP contribution is -2.39. The Morgan fingerprint density at radius 2 is 1.71 bits per heavy atom. The van der Waals surface area contributed by atoms with Crippen molar-refractivity contribution in [2.75, 3.05) is 44.7 Å². The summed E-state index contributed by atoms with van der Waals surface area (Å²) in [6.07, 6.45) is 2.19. The van der Waals surface area contributed by atoms with E-state index in [9.17, 15) is 9.59 Å². The molecule has 0 spiro atoms. The second kappa shape index (κ2) is 7.84. The van der Waals surface area contributed by atoms with Crippen LogP contribution in [0.5, 0.6) is 11.5 Å². The van der Waals surface area contributed by atoms with Crippen molar-refractivity contribution < 1.29 is 23.5 Å². The van der Waals surface area contributed by atoms with E-state index >= 15 is 0 Å². The molecule has 1 fully saturated rings. The van der Waals surface area contributed by atoms with E-state index in [1.54, 1.807) is 28.0 Å². The maximum atomic E-state index is 12.8. The molecule has 28 heavy (non-hydrogen) atoms. The number of aryl methyl sites for hydroxylation is 1. The summed E-state index contributed by atoms with van der Waals surface area (Å²) in [7, 11) is 0. The minimum atomic E-state index is -0.188. The van der Waals surface area contributed by atoms with Gasteiger partial charge in [-0.25, -0.2) is 4.79 Å². The van der Waals surface area contributed by atoms with Gasteiger partial charge >= 0.3 is 6.03 Å². The standard InChI is InChI=1S/C20H23N3O5/c1-14-12-17-18(28-11-10-27-17)13-15(14)21-20(25)23-6-3-5-22(7-8-23)19(24)16-4-2-9-26-16/h2,4,9,12-13H,3,5-8,10-11H2,1H3,(H,21,25). The lowest BCUT2D eigenvalue weighted by atomic mass is 10.1. The second-order valence-electron chi connectivity index (χ2n) is 6.85. The van der Waals surface area contributed by atoms with Crippen LogP contribution in [0.2, 0.25) is 0 Å². The molecule has 1 N–H and O–H groups in total. The Kier molecular flexibility index (Phi) is 5.10. The van der Waals surface area contributed by atoms with E-state index in [1.807, 2.05) is 13.0 Å². The lowest BCUT2D eigenvalue weighted by molar-refractivity contribution is 0.0731. The minimum Gasteiger partial charge on any atom is -0.486 e. The van der Waals surface area contributed by atoms with Gasteiger partial charge in [-0.05, 0) is 37.1 Å². The van der Waals surface area contributed by atoms with Crippen LogP contribution in [-0.4, -0.2) is 61.1 Å². The van der Waals surface area contributed by atoms with Crippen LogP contribution in [0.15, 0.2) is 34.9 Å². The average molecular weight is 385 g/mol. The molecule has 0 atom stereocenters. The van der Waals surface area contributed by atoms with E-state index in [-0.39, 0.29) is 11.9 Å². The number of benzene rings is 1. The first-order chi connectivity index (χ1) is 13.6. The summed E-state index contributed by atoms with van der Waals surface area (Å²) in [6.45, 7) is 5.03. The number of ether oxygens (including phenoxy) is 2. The van der Waals surface area contributed by atoms with Crippen LogP contribution < -0.4 is 14.8 Å². The van der Waals surface area contributed by atoms with Crippen molar-refractivity contribution in [2.24, 2.45) is 0 Å². The maximum absolute atomic E-state index is 12.8. The van der Waals surface area contributed by atoms with Crippen LogP contribution in [0.3, 0.4) is 0 Å². The van der Waals surface area contributed by atoms with E-state index < -0.39 is 0 Å². The molecule has 1 aromatic heterocycles. The average Bonchev–Trinajstić information content (AvgIpc) is 3.12. The number of hydrogen-bond donors (Lipinski definition) is 1. The molecular formula is C20H23N3O5. The van der Waals surface area contributed by atoms with Gasteiger partial charge in [-0.2, -0.15) is 0 Å². The van der Waals surface area contributed by atoms with Gasteiger partial charge < -0.3 is 29.0 Å². The highest BCUT2D eigenvalue weighted by atomic mass is 16.6. The number of urea groups is 1. The largest absolute Gasteiger partial charge is 0.486 e. The molecule has 148 valence electrons. The normalized spacial score (nSPS) is 16.5. The van der Waals surface area contributed by atoms with Crippen LogP contribution in [0.25, 0.3) is 0 Å². The van der Waals surface area contributed by atoms with E-state index in [1.165, 1.54) is 6.26 Å². The molecule has 1 aromatic carbocycles. The van der Waals surface area contributed by atoms with Gasteiger partial charge in [0.15, 0.2) is 17.3 Å². The van der Waals surface area contributed by atoms with Gasteiger partial charge in [-0.15, -0.1) is 0 Å². The molecule has 2 aliphatic rings. The number of hydrogen-bond acceptors (Lipinski definition) is 5. The molecule has 0 saturated carbocycles. The summed E-state index contributed by atoms with van der Waals surface area (Å²) >= 11 is 0. The van der Waals surface area contributed by atoms with Gasteiger partial charge in [-0.3, -0.25) is 4.79 Å². The molecule has 4 rings (SSSR count). The summed E-state index contributed by atoms with van der Waals surface area (Å²) in [4.78, 5) is 28.7. The highest BCUT2D eigenvalue weighted by Gasteiger charge is 2.25. The molecule has 8 nitrogen and oxygen atoms in total. The molecule has 0 unspecified atom stereocenters. The van der Waals surface area contributed by atoms with Gasteiger partial charge in [0.2, 0.25) is 0 Å².